The van der Waals surface area contributed by atoms with E-state index in [0.29, 0.717) is 24.5 Å². The standard InChI is InChI=1S/C21H31N7O2/c1-30-8-7-26-14-24-18-19(26)22-13-23-20(18)27-9-15-11-28(12-16(15)10-27)21(29)25-17-5-3-2-4-6-17/h13-17H,2-12H2,1H3,(H,25,29). The van der Waals surface area contributed by atoms with Crippen molar-refractivity contribution >= 4 is 23.0 Å². The van der Waals surface area contributed by atoms with Gasteiger partial charge >= 0.3 is 6.03 Å². The Bertz CT molecular complexity index is 881. The number of urea groups is 1. The average molecular weight is 414 g/mol. The van der Waals surface area contributed by atoms with Gasteiger partial charge in [0.1, 0.15) is 6.33 Å². The van der Waals surface area contributed by atoms with Crippen molar-refractivity contribution in [1.29, 1.82) is 0 Å². The predicted molar refractivity (Wildman–Crippen MR) is 113 cm³/mol. The van der Waals surface area contributed by atoms with Crippen LogP contribution in [0.3, 0.4) is 0 Å². The maximum Gasteiger partial charge on any atom is 0.317 e. The summed E-state index contributed by atoms with van der Waals surface area (Å²) in [6, 6.07) is 0.495. The van der Waals surface area contributed by atoms with E-state index in [9.17, 15) is 4.79 Å². The molecule has 5 rings (SSSR count). The summed E-state index contributed by atoms with van der Waals surface area (Å²) in [5, 5.41) is 3.27. The van der Waals surface area contributed by atoms with Crippen molar-refractivity contribution in [2.75, 3.05) is 44.8 Å². The van der Waals surface area contributed by atoms with Crippen LogP contribution in [-0.2, 0) is 11.3 Å². The van der Waals surface area contributed by atoms with Gasteiger partial charge < -0.3 is 24.4 Å². The second kappa shape index (κ2) is 8.37. The number of imidazole rings is 1. The maximum atomic E-state index is 12.7. The molecule has 2 unspecified atom stereocenters. The van der Waals surface area contributed by atoms with Gasteiger partial charge in [0.2, 0.25) is 0 Å². The number of nitrogens with one attached hydrogen (secondary N) is 1. The van der Waals surface area contributed by atoms with Crippen molar-refractivity contribution in [1.82, 2.24) is 29.7 Å². The molecule has 0 radical (unpaired) electrons. The molecule has 2 atom stereocenters. The van der Waals surface area contributed by atoms with Crippen LogP contribution in [0, 0.1) is 11.8 Å². The Morgan fingerprint density at radius 2 is 1.87 bits per heavy atom. The lowest BCUT2D eigenvalue weighted by Crippen LogP contribution is -2.45. The molecule has 2 amide bonds. The van der Waals surface area contributed by atoms with Crippen LogP contribution < -0.4 is 10.2 Å². The maximum absolute atomic E-state index is 12.7. The van der Waals surface area contributed by atoms with Gasteiger partial charge in [-0.3, -0.25) is 0 Å². The Labute approximate surface area is 176 Å². The highest BCUT2D eigenvalue weighted by Gasteiger charge is 2.42. The van der Waals surface area contributed by atoms with E-state index in [1.165, 1.54) is 19.3 Å². The van der Waals surface area contributed by atoms with Crippen LogP contribution in [0.2, 0.25) is 0 Å². The van der Waals surface area contributed by atoms with Crippen molar-refractivity contribution in [3.8, 4) is 0 Å². The molecular weight excluding hydrogens is 382 g/mol. The van der Waals surface area contributed by atoms with Crippen molar-refractivity contribution in [3.63, 3.8) is 0 Å². The first-order valence-corrected chi connectivity index (χ1v) is 11.2. The van der Waals surface area contributed by atoms with Crippen LogP contribution in [0.5, 0.6) is 0 Å². The van der Waals surface area contributed by atoms with Gasteiger partial charge in [-0.2, -0.15) is 0 Å². The van der Waals surface area contributed by atoms with Crippen LogP contribution in [-0.4, -0.2) is 76.4 Å². The highest BCUT2D eigenvalue weighted by atomic mass is 16.5. The van der Waals surface area contributed by atoms with E-state index < -0.39 is 0 Å². The zero-order valence-electron chi connectivity index (χ0n) is 17.7. The smallest absolute Gasteiger partial charge is 0.317 e. The van der Waals surface area contributed by atoms with Crippen LogP contribution >= 0.6 is 0 Å². The summed E-state index contributed by atoms with van der Waals surface area (Å²) in [7, 11) is 1.70. The van der Waals surface area contributed by atoms with E-state index >= 15 is 0 Å². The number of amides is 2. The van der Waals surface area contributed by atoms with Gasteiger partial charge in [0.05, 0.1) is 12.9 Å². The topological polar surface area (TPSA) is 88.4 Å². The highest BCUT2D eigenvalue weighted by Crippen LogP contribution is 2.35. The lowest BCUT2D eigenvalue weighted by Gasteiger charge is -2.27. The van der Waals surface area contributed by atoms with Gasteiger partial charge in [-0.05, 0) is 12.8 Å². The van der Waals surface area contributed by atoms with Crippen molar-refractivity contribution in [3.05, 3.63) is 12.7 Å². The number of hydrogen-bond donors (Lipinski definition) is 1. The third-order valence-electron chi connectivity index (χ3n) is 6.92. The minimum Gasteiger partial charge on any atom is -0.383 e. The Morgan fingerprint density at radius 1 is 1.10 bits per heavy atom. The first kappa shape index (κ1) is 19.5. The monoisotopic (exact) mass is 413 g/mol. The SMILES string of the molecule is COCCn1cnc2c(N3CC4CN(C(=O)NC5CCCCC5)CC4C3)ncnc21. The molecule has 9 nitrogen and oxygen atoms in total. The molecule has 1 saturated carbocycles. The van der Waals surface area contributed by atoms with E-state index in [-0.39, 0.29) is 6.03 Å². The molecule has 1 aliphatic carbocycles. The number of fused-ring (bicyclic) bond motifs is 2. The normalized spacial score (nSPS) is 24.6. The Hall–Kier alpha value is -2.42. The molecule has 1 N–H and O–H groups in total. The number of anilines is 1. The zero-order chi connectivity index (χ0) is 20.5. The third kappa shape index (κ3) is 3.71. The summed E-state index contributed by atoms with van der Waals surface area (Å²) in [6.45, 7) is 4.83. The Morgan fingerprint density at radius 3 is 2.60 bits per heavy atom. The molecule has 0 spiro atoms. The Balaban J connectivity index is 1.22. The molecule has 0 bridgehead atoms. The van der Waals surface area contributed by atoms with Gasteiger partial charge in [0.15, 0.2) is 17.0 Å². The molecular formula is C21H31N7O2. The first-order chi connectivity index (χ1) is 14.7. The number of ether oxygens (including phenoxy) is 1. The summed E-state index contributed by atoms with van der Waals surface area (Å²) < 4.78 is 7.19. The summed E-state index contributed by atoms with van der Waals surface area (Å²) >= 11 is 0. The number of aromatic nitrogens is 4. The summed E-state index contributed by atoms with van der Waals surface area (Å²) in [6.07, 6.45) is 9.47. The van der Waals surface area contributed by atoms with E-state index in [4.69, 9.17) is 4.74 Å². The number of likely N-dealkylation sites (tertiary alicyclic amines) is 1. The van der Waals surface area contributed by atoms with Gasteiger partial charge in [0, 0.05) is 57.7 Å². The molecule has 2 aliphatic heterocycles. The number of carbonyl (C=O) groups is 1. The molecule has 162 valence electrons. The van der Waals surface area contributed by atoms with Crippen molar-refractivity contribution in [2.24, 2.45) is 11.8 Å². The van der Waals surface area contributed by atoms with E-state index in [2.05, 4.69) is 25.2 Å². The summed E-state index contributed by atoms with van der Waals surface area (Å²) in [5.74, 6) is 1.88. The molecule has 4 heterocycles. The molecule has 9 heteroatoms. The van der Waals surface area contributed by atoms with Crippen molar-refractivity contribution < 1.29 is 9.53 Å². The molecule has 2 aromatic rings. The molecule has 2 aromatic heterocycles. The third-order valence-corrected chi connectivity index (χ3v) is 6.92. The largest absolute Gasteiger partial charge is 0.383 e. The lowest BCUT2D eigenvalue weighted by molar-refractivity contribution is 0.188. The van der Waals surface area contributed by atoms with E-state index in [1.54, 1.807) is 13.4 Å². The zero-order valence-corrected chi connectivity index (χ0v) is 17.7. The van der Waals surface area contributed by atoms with Gasteiger partial charge in [-0.25, -0.2) is 19.7 Å². The van der Waals surface area contributed by atoms with Crippen LogP contribution in [0.1, 0.15) is 32.1 Å². The average Bonchev–Trinajstić information content (AvgIpc) is 3.46. The molecule has 30 heavy (non-hydrogen) atoms. The van der Waals surface area contributed by atoms with Gasteiger partial charge in [0.25, 0.3) is 0 Å². The number of carbonyl (C=O) groups excluding carboxylic acids is 1. The first-order valence-electron chi connectivity index (χ1n) is 11.2. The minimum atomic E-state index is 0.129. The van der Waals surface area contributed by atoms with E-state index in [0.717, 1.165) is 62.5 Å². The summed E-state index contributed by atoms with van der Waals surface area (Å²) in [5.41, 5.74) is 1.70. The molecule has 3 aliphatic rings. The van der Waals surface area contributed by atoms with Crippen LogP contribution in [0.15, 0.2) is 12.7 Å². The number of hydrogen-bond acceptors (Lipinski definition) is 6. The van der Waals surface area contributed by atoms with Gasteiger partial charge in [-0.15, -0.1) is 0 Å². The summed E-state index contributed by atoms with van der Waals surface area (Å²) in [4.78, 5) is 30.6. The van der Waals surface area contributed by atoms with Crippen molar-refractivity contribution in [2.45, 2.75) is 44.7 Å². The van der Waals surface area contributed by atoms with Gasteiger partial charge in [-0.1, -0.05) is 19.3 Å². The number of methoxy groups -OCH3 is 1. The quantitative estimate of drug-likeness (QED) is 0.805. The number of nitrogens with zero attached hydrogens (tertiary/aromatic N) is 6. The Kier molecular flexibility index (Phi) is 5.45. The molecule has 2 saturated heterocycles. The molecule has 0 aromatic carbocycles. The van der Waals surface area contributed by atoms with Crippen LogP contribution in [0.4, 0.5) is 10.6 Å². The fraction of sp³-hybridized carbons (Fsp3) is 0.714. The second-order valence-corrected chi connectivity index (χ2v) is 8.91. The minimum absolute atomic E-state index is 0.129. The second-order valence-electron chi connectivity index (χ2n) is 8.91. The fourth-order valence-electron chi connectivity index (χ4n) is 5.30. The molecule has 3 fully saturated rings. The number of rotatable bonds is 5. The fourth-order valence-corrected chi connectivity index (χ4v) is 5.30. The van der Waals surface area contributed by atoms with E-state index in [1.807, 2.05) is 15.8 Å². The lowest BCUT2D eigenvalue weighted by atomic mass is 9.96. The predicted octanol–water partition coefficient (Wildman–Crippen LogP) is 1.88. The highest BCUT2D eigenvalue weighted by molar-refractivity contribution is 5.83. The van der Waals surface area contributed by atoms with Crippen LogP contribution in [0.25, 0.3) is 11.2 Å².